The number of alkyl halides is 1. The van der Waals surface area contributed by atoms with E-state index in [9.17, 15) is 8.42 Å². The summed E-state index contributed by atoms with van der Waals surface area (Å²) in [7, 11) is -1.96. The van der Waals surface area contributed by atoms with Gasteiger partial charge in [-0.05, 0) is 18.4 Å². The molecule has 0 aromatic heterocycles. The van der Waals surface area contributed by atoms with E-state index >= 15 is 0 Å². The van der Waals surface area contributed by atoms with Gasteiger partial charge in [-0.1, -0.05) is 36.4 Å². The van der Waals surface area contributed by atoms with Crippen LogP contribution in [-0.2, 0) is 10.0 Å². The van der Waals surface area contributed by atoms with Crippen LogP contribution >= 0.6 is 11.6 Å². The molecule has 0 amide bonds. The lowest BCUT2D eigenvalue weighted by Crippen LogP contribution is -2.31. The second kappa shape index (κ2) is 5.49. The van der Waals surface area contributed by atoms with E-state index in [2.05, 4.69) is 0 Å². The molecule has 5 heteroatoms. The van der Waals surface area contributed by atoms with Crippen LogP contribution in [0.4, 0.5) is 0 Å². The first-order chi connectivity index (χ1) is 8.93. The van der Waals surface area contributed by atoms with Gasteiger partial charge in [-0.15, -0.1) is 11.6 Å². The van der Waals surface area contributed by atoms with E-state index in [-0.39, 0.29) is 11.9 Å². The summed E-state index contributed by atoms with van der Waals surface area (Å²) >= 11 is 5.88. The third kappa shape index (κ3) is 2.91. The molecule has 0 N–H and O–H groups in total. The number of benzene rings is 2. The van der Waals surface area contributed by atoms with Crippen molar-refractivity contribution in [3.05, 3.63) is 42.5 Å². The Morgan fingerprint density at radius 3 is 2.47 bits per heavy atom. The first kappa shape index (κ1) is 14.3. The van der Waals surface area contributed by atoms with E-state index < -0.39 is 10.0 Å². The topological polar surface area (TPSA) is 37.4 Å². The van der Waals surface area contributed by atoms with Gasteiger partial charge in [0.25, 0.3) is 0 Å². The molecule has 0 saturated carbocycles. The summed E-state index contributed by atoms with van der Waals surface area (Å²) in [5, 5.41) is 1.42. The molecule has 0 spiro atoms. The van der Waals surface area contributed by atoms with Gasteiger partial charge in [0.15, 0.2) is 0 Å². The van der Waals surface area contributed by atoms with E-state index in [1.807, 2.05) is 30.3 Å². The molecule has 1 atom stereocenters. The molecule has 0 saturated heterocycles. The van der Waals surface area contributed by atoms with Gasteiger partial charge in [-0.2, -0.15) is 4.31 Å². The van der Waals surface area contributed by atoms with Gasteiger partial charge in [0.05, 0.1) is 4.90 Å². The highest BCUT2D eigenvalue weighted by Gasteiger charge is 2.23. The fourth-order valence-electron chi connectivity index (χ4n) is 2.04. The maximum Gasteiger partial charge on any atom is 0.243 e. The lowest BCUT2D eigenvalue weighted by atomic mass is 10.1. The van der Waals surface area contributed by atoms with Gasteiger partial charge in [0.1, 0.15) is 0 Å². The molecular weight excluding hydrogens is 282 g/mol. The molecule has 19 heavy (non-hydrogen) atoms. The van der Waals surface area contributed by atoms with E-state index in [4.69, 9.17) is 11.6 Å². The first-order valence-electron chi connectivity index (χ1n) is 6.01. The molecule has 0 fully saturated rings. The summed E-state index contributed by atoms with van der Waals surface area (Å²) < 4.78 is 26.4. The van der Waals surface area contributed by atoms with Gasteiger partial charge in [0, 0.05) is 24.4 Å². The lowest BCUT2D eigenvalue weighted by molar-refractivity contribution is 0.471. The molecule has 102 valence electrons. The van der Waals surface area contributed by atoms with Crippen molar-refractivity contribution in [1.29, 1.82) is 0 Å². The minimum absolute atomic E-state index is 0.227. The molecular formula is C14H16ClNO2S. The largest absolute Gasteiger partial charge is 0.243 e. The van der Waals surface area contributed by atoms with Crippen molar-refractivity contribution < 1.29 is 8.42 Å². The van der Waals surface area contributed by atoms with Gasteiger partial charge >= 0.3 is 0 Å². The van der Waals surface area contributed by atoms with Crippen LogP contribution in [-0.4, -0.2) is 31.7 Å². The molecule has 0 heterocycles. The van der Waals surface area contributed by atoms with E-state index in [1.165, 1.54) is 4.31 Å². The zero-order valence-electron chi connectivity index (χ0n) is 10.9. The maximum absolute atomic E-state index is 12.5. The van der Waals surface area contributed by atoms with Crippen LogP contribution in [0.2, 0.25) is 0 Å². The number of nitrogens with zero attached hydrogens (tertiary/aromatic N) is 1. The molecule has 0 aliphatic carbocycles. The molecule has 2 aromatic carbocycles. The normalized spacial score (nSPS) is 13.9. The Balaban J connectivity index is 2.55. The molecule has 2 rings (SSSR count). The smallest absolute Gasteiger partial charge is 0.207 e. The van der Waals surface area contributed by atoms with E-state index in [0.29, 0.717) is 4.90 Å². The highest BCUT2D eigenvalue weighted by Crippen LogP contribution is 2.25. The summed E-state index contributed by atoms with van der Waals surface area (Å²) in [6, 6.07) is 12.7. The first-order valence-corrected chi connectivity index (χ1v) is 7.89. The molecule has 0 aliphatic heterocycles. The van der Waals surface area contributed by atoms with Crippen molar-refractivity contribution in [1.82, 2.24) is 4.31 Å². The zero-order valence-corrected chi connectivity index (χ0v) is 12.4. The summed E-state index contributed by atoms with van der Waals surface area (Å²) in [6.45, 7) is 2.06. The highest BCUT2D eigenvalue weighted by atomic mass is 35.5. The Morgan fingerprint density at radius 2 is 1.79 bits per heavy atom. The Bertz CT molecular complexity index is 677. The van der Waals surface area contributed by atoms with Crippen molar-refractivity contribution >= 4 is 32.4 Å². The summed E-state index contributed by atoms with van der Waals surface area (Å²) in [4.78, 5) is 0.324. The minimum Gasteiger partial charge on any atom is -0.207 e. The monoisotopic (exact) mass is 297 g/mol. The third-order valence-corrected chi connectivity index (χ3v) is 4.97. The fraction of sp³-hybridized carbons (Fsp3) is 0.286. The Morgan fingerprint density at radius 1 is 1.16 bits per heavy atom. The Hall–Kier alpha value is -1.10. The van der Waals surface area contributed by atoms with Crippen LogP contribution in [0, 0.1) is 0 Å². The predicted molar refractivity (Wildman–Crippen MR) is 79.1 cm³/mol. The second-order valence-corrected chi connectivity index (χ2v) is 7.30. The van der Waals surface area contributed by atoms with Crippen LogP contribution in [0.5, 0.6) is 0 Å². The average molecular weight is 298 g/mol. The Kier molecular flexibility index (Phi) is 4.13. The number of sulfonamides is 1. The van der Waals surface area contributed by atoms with Gasteiger partial charge < -0.3 is 0 Å². The maximum atomic E-state index is 12.5. The van der Waals surface area contributed by atoms with Gasteiger partial charge in [-0.3, -0.25) is 0 Å². The SMILES string of the molecule is CC(Cl)CN(C)S(=O)(=O)c1cccc2ccccc12. The highest BCUT2D eigenvalue weighted by molar-refractivity contribution is 7.89. The van der Waals surface area contributed by atoms with Crippen LogP contribution < -0.4 is 0 Å². The van der Waals surface area contributed by atoms with Crippen LogP contribution in [0.1, 0.15) is 6.92 Å². The number of hydrogen-bond donors (Lipinski definition) is 0. The lowest BCUT2D eigenvalue weighted by Gasteiger charge is -2.19. The molecule has 0 radical (unpaired) electrons. The van der Waals surface area contributed by atoms with Crippen LogP contribution in [0.3, 0.4) is 0 Å². The number of halogens is 1. The number of hydrogen-bond acceptors (Lipinski definition) is 2. The molecule has 3 nitrogen and oxygen atoms in total. The summed E-state index contributed by atoms with van der Waals surface area (Å²) in [5.74, 6) is 0. The van der Waals surface area contributed by atoms with E-state index in [1.54, 1.807) is 26.1 Å². The summed E-state index contributed by atoms with van der Waals surface area (Å²) in [6.07, 6.45) is 0. The van der Waals surface area contributed by atoms with Crippen molar-refractivity contribution in [2.24, 2.45) is 0 Å². The van der Waals surface area contributed by atoms with Gasteiger partial charge in [0.2, 0.25) is 10.0 Å². The van der Waals surface area contributed by atoms with Gasteiger partial charge in [-0.25, -0.2) is 8.42 Å². The fourth-order valence-corrected chi connectivity index (χ4v) is 3.80. The van der Waals surface area contributed by atoms with Crippen molar-refractivity contribution in [3.63, 3.8) is 0 Å². The standard InChI is InChI=1S/C14H16ClNO2S/c1-11(15)10-16(2)19(17,18)14-9-5-7-12-6-3-4-8-13(12)14/h3-9,11H,10H2,1-2H3. The average Bonchev–Trinajstić information content (AvgIpc) is 2.37. The minimum atomic E-state index is -3.51. The van der Waals surface area contributed by atoms with Crippen LogP contribution in [0.25, 0.3) is 10.8 Å². The predicted octanol–water partition coefficient (Wildman–Crippen LogP) is 3.09. The zero-order chi connectivity index (χ0) is 14.0. The Labute approximate surface area is 118 Å². The van der Waals surface area contributed by atoms with Crippen molar-refractivity contribution in [3.8, 4) is 0 Å². The number of rotatable bonds is 4. The molecule has 1 unspecified atom stereocenters. The molecule has 0 aliphatic rings. The van der Waals surface area contributed by atoms with E-state index in [0.717, 1.165) is 10.8 Å². The third-order valence-electron chi connectivity index (χ3n) is 2.95. The second-order valence-electron chi connectivity index (χ2n) is 4.54. The van der Waals surface area contributed by atoms with Crippen molar-refractivity contribution in [2.75, 3.05) is 13.6 Å². The van der Waals surface area contributed by atoms with Crippen molar-refractivity contribution in [2.45, 2.75) is 17.2 Å². The quantitative estimate of drug-likeness (QED) is 0.813. The summed E-state index contributed by atoms with van der Waals surface area (Å²) in [5.41, 5.74) is 0. The number of fused-ring (bicyclic) bond motifs is 1. The molecule has 2 aromatic rings. The van der Waals surface area contributed by atoms with Crippen LogP contribution in [0.15, 0.2) is 47.4 Å². The molecule has 0 bridgehead atoms.